The fourth-order valence-electron chi connectivity index (χ4n) is 2.46. The molecule has 22 heavy (non-hydrogen) atoms. The summed E-state index contributed by atoms with van der Waals surface area (Å²) in [6, 6.07) is 17.7. The molecule has 2 aromatic carbocycles. The monoisotopic (exact) mass is 293 g/mol. The predicted octanol–water partition coefficient (Wildman–Crippen LogP) is 4.10. The van der Waals surface area contributed by atoms with Gasteiger partial charge < -0.3 is 9.26 Å². The van der Waals surface area contributed by atoms with Crippen molar-refractivity contribution < 1.29 is 14.1 Å². The molecular formula is C18H15NO3. The minimum absolute atomic E-state index is 0.367. The molecule has 4 heteroatoms. The number of carbonyl (C=O) groups excluding carboxylic acids is 1. The Hall–Kier alpha value is -2.88. The molecule has 0 unspecified atom stereocenters. The number of aromatic nitrogens is 1. The molecule has 0 bridgehead atoms. The second kappa shape index (κ2) is 5.85. The highest BCUT2D eigenvalue weighted by molar-refractivity contribution is 5.99. The van der Waals surface area contributed by atoms with Gasteiger partial charge in [0.25, 0.3) is 0 Å². The Bertz CT molecular complexity index is 806. The summed E-state index contributed by atoms with van der Waals surface area (Å²) in [5, 5.41) is 4.07. The zero-order valence-corrected chi connectivity index (χ0v) is 12.4. The quantitative estimate of drug-likeness (QED) is 0.682. The highest BCUT2D eigenvalue weighted by Crippen LogP contribution is 2.34. The van der Waals surface area contributed by atoms with Crippen molar-refractivity contribution in [2.75, 3.05) is 7.11 Å². The molecule has 0 aliphatic carbocycles. The average Bonchev–Trinajstić information content (AvgIpc) is 2.96. The Kier molecular flexibility index (Phi) is 3.74. The first-order chi connectivity index (χ1) is 10.7. The number of aryl methyl sites for hydroxylation is 1. The van der Waals surface area contributed by atoms with Gasteiger partial charge in [-0.2, -0.15) is 0 Å². The molecular weight excluding hydrogens is 278 g/mol. The summed E-state index contributed by atoms with van der Waals surface area (Å²) in [5.41, 5.74) is 3.75. The van der Waals surface area contributed by atoms with Gasteiger partial charge in [-0.3, -0.25) is 0 Å². The summed E-state index contributed by atoms with van der Waals surface area (Å²) < 4.78 is 10.1. The molecule has 0 spiro atoms. The minimum Gasteiger partial charge on any atom is -0.465 e. The van der Waals surface area contributed by atoms with Gasteiger partial charge in [0.15, 0.2) is 0 Å². The zero-order chi connectivity index (χ0) is 15.5. The molecule has 0 saturated carbocycles. The lowest BCUT2D eigenvalue weighted by atomic mass is 9.95. The predicted molar refractivity (Wildman–Crippen MR) is 83.5 cm³/mol. The molecule has 0 fully saturated rings. The van der Waals surface area contributed by atoms with Crippen molar-refractivity contribution in [3.63, 3.8) is 0 Å². The van der Waals surface area contributed by atoms with Crippen LogP contribution < -0.4 is 0 Å². The fraction of sp³-hybridized carbons (Fsp3) is 0.111. The molecule has 3 aromatic rings. The van der Waals surface area contributed by atoms with Gasteiger partial charge in [-0.05, 0) is 18.1 Å². The maximum atomic E-state index is 12.0. The highest BCUT2D eigenvalue weighted by Gasteiger charge is 2.23. The van der Waals surface area contributed by atoms with E-state index in [0.29, 0.717) is 17.0 Å². The molecule has 0 aliphatic rings. The van der Waals surface area contributed by atoms with Gasteiger partial charge in [0.1, 0.15) is 17.0 Å². The number of carbonyl (C=O) groups is 1. The highest BCUT2D eigenvalue weighted by atomic mass is 16.5. The van der Waals surface area contributed by atoms with E-state index in [1.54, 1.807) is 6.92 Å². The molecule has 0 amide bonds. The van der Waals surface area contributed by atoms with Crippen LogP contribution in [0, 0.1) is 6.92 Å². The van der Waals surface area contributed by atoms with Crippen molar-refractivity contribution in [2.24, 2.45) is 0 Å². The van der Waals surface area contributed by atoms with Gasteiger partial charge in [0.05, 0.1) is 7.11 Å². The summed E-state index contributed by atoms with van der Waals surface area (Å²) in [7, 11) is 1.35. The number of benzene rings is 2. The number of hydrogen-bond acceptors (Lipinski definition) is 4. The standard InChI is InChI=1S/C18H15NO3/c1-12-16(18(20)21-2)17(19-22-12)15-11-7-6-10-14(15)13-8-4-3-5-9-13/h3-11H,1-2H3. The minimum atomic E-state index is -0.448. The van der Waals surface area contributed by atoms with Crippen LogP contribution in [0.2, 0.25) is 0 Å². The molecule has 4 nitrogen and oxygen atoms in total. The Labute approximate surface area is 128 Å². The van der Waals surface area contributed by atoms with Gasteiger partial charge in [-0.1, -0.05) is 59.8 Å². The molecule has 1 aromatic heterocycles. The van der Waals surface area contributed by atoms with Crippen molar-refractivity contribution in [3.8, 4) is 22.4 Å². The second-order valence-corrected chi connectivity index (χ2v) is 4.87. The molecule has 0 aliphatic heterocycles. The van der Waals surface area contributed by atoms with Crippen molar-refractivity contribution in [1.29, 1.82) is 0 Å². The van der Waals surface area contributed by atoms with E-state index in [1.165, 1.54) is 7.11 Å². The lowest BCUT2D eigenvalue weighted by Crippen LogP contribution is -2.04. The zero-order valence-electron chi connectivity index (χ0n) is 12.4. The third-order valence-electron chi connectivity index (χ3n) is 3.52. The number of hydrogen-bond donors (Lipinski definition) is 0. The molecule has 0 N–H and O–H groups in total. The van der Waals surface area contributed by atoms with Gasteiger partial charge in [-0.25, -0.2) is 4.79 Å². The van der Waals surface area contributed by atoms with Crippen LogP contribution in [0.25, 0.3) is 22.4 Å². The Morgan fingerprint density at radius 1 is 1.00 bits per heavy atom. The van der Waals surface area contributed by atoms with Crippen molar-refractivity contribution >= 4 is 5.97 Å². The number of esters is 1. The van der Waals surface area contributed by atoms with E-state index >= 15 is 0 Å². The summed E-state index contributed by atoms with van der Waals surface area (Å²) in [4.78, 5) is 12.0. The van der Waals surface area contributed by atoms with Crippen LogP contribution in [0.5, 0.6) is 0 Å². The fourth-order valence-corrected chi connectivity index (χ4v) is 2.46. The Morgan fingerprint density at radius 3 is 2.32 bits per heavy atom. The largest absolute Gasteiger partial charge is 0.465 e. The van der Waals surface area contributed by atoms with Crippen molar-refractivity contribution in [2.45, 2.75) is 6.92 Å². The first kappa shape index (κ1) is 14.1. The van der Waals surface area contributed by atoms with E-state index in [0.717, 1.165) is 16.7 Å². The molecule has 0 saturated heterocycles. The van der Waals surface area contributed by atoms with Crippen LogP contribution in [0.4, 0.5) is 0 Å². The normalized spacial score (nSPS) is 10.5. The maximum Gasteiger partial charge on any atom is 0.343 e. The van der Waals surface area contributed by atoms with E-state index in [1.807, 2.05) is 54.6 Å². The third kappa shape index (κ3) is 2.39. The number of methoxy groups -OCH3 is 1. The van der Waals surface area contributed by atoms with Gasteiger partial charge in [0.2, 0.25) is 0 Å². The third-order valence-corrected chi connectivity index (χ3v) is 3.52. The molecule has 0 radical (unpaired) electrons. The van der Waals surface area contributed by atoms with Crippen LogP contribution in [0.1, 0.15) is 16.1 Å². The van der Waals surface area contributed by atoms with E-state index in [4.69, 9.17) is 9.26 Å². The van der Waals surface area contributed by atoms with E-state index in [9.17, 15) is 4.79 Å². The number of ether oxygens (including phenoxy) is 1. The topological polar surface area (TPSA) is 52.3 Å². The van der Waals surface area contributed by atoms with E-state index in [2.05, 4.69) is 5.16 Å². The van der Waals surface area contributed by atoms with Crippen LogP contribution >= 0.6 is 0 Å². The number of nitrogens with zero attached hydrogens (tertiary/aromatic N) is 1. The summed E-state index contributed by atoms with van der Waals surface area (Å²) in [5.74, 6) is 0.00123. The smallest absolute Gasteiger partial charge is 0.343 e. The number of rotatable bonds is 3. The molecule has 0 atom stereocenters. The lowest BCUT2D eigenvalue weighted by molar-refractivity contribution is 0.0599. The summed E-state index contributed by atoms with van der Waals surface area (Å²) in [6.45, 7) is 1.70. The van der Waals surface area contributed by atoms with Crippen LogP contribution in [-0.2, 0) is 4.74 Å². The van der Waals surface area contributed by atoms with Gasteiger partial charge in [-0.15, -0.1) is 0 Å². The van der Waals surface area contributed by atoms with Crippen molar-refractivity contribution in [1.82, 2.24) is 5.16 Å². The molecule has 1 heterocycles. The summed E-state index contributed by atoms with van der Waals surface area (Å²) >= 11 is 0. The molecule has 3 rings (SSSR count). The Balaban J connectivity index is 2.21. The Morgan fingerprint density at radius 2 is 1.64 bits per heavy atom. The van der Waals surface area contributed by atoms with E-state index < -0.39 is 5.97 Å². The first-order valence-corrected chi connectivity index (χ1v) is 6.91. The lowest BCUT2D eigenvalue weighted by Gasteiger charge is -2.08. The van der Waals surface area contributed by atoms with Gasteiger partial charge in [0, 0.05) is 5.56 Å². The van der Waals surface area contributed by atoms with Crippen LogP contribution in [-0.4, -0.2) is 18.2 Å². The van der Waals surface area contributed by atoms with Crippen molar-refractivity contribution in [3.05, 3.63) is 65.9 Å². The first-order valence-electron chi connectivity index (χ1n) is 6.91. The van der Waals surface area contributed by atoms with Crippen LogP contribution in [0.15, 0.2) is 59.1 Å². The second-order valence-electron chi connectivity index (χ2n) is 4.87. The SMILES string of the molecule is COC(=O)c1c(-c2ccccc2-c2ccccc2)noc1C. The van der Waals surface area contributed by atoms with E-state index in [-0.39, 0.29) is 0 Å². The average molecular weight is 293 g/mol. The maximum absolute atomic E-state index is 12.0. The van der Waals surface area contributed by atoms with Gasteiger partial charge >= 0.3 is 5.97 Å². The summed E-state index contributed by atoms with van der Waals surface area (Å²) in [6.07, 6.45) is 0. The molecule has 110 valence electrons. The van der Waals surface area contributed by atoms with Crippen LogP contribution in [0.3, 0.4) is 0 Å².